The Hall–Kier alpha value is -0.800. The van der Waals surface area contributed by atoms with Crippen LogP contribution in [0.25, 0.3) is 0 Å². The van der Waals surface area contributed by atoms with Crippen LogP contribution in [0.1, 0.15) is 18.4 Å². The van der Waals surface area contributed by atoms with Crippen molar-refractivity contribution in [3.63, 3.8) is 0 Å². The number of halogens is 2. The van der Waals surface area contributed by atoms with Gasteiger partial charge in [0.2, 0.25) is 0 Å². The smallest absolute Gasteiger partial charge is 0.129 e. The summed E-state index contributed by atoms with van der Waals surface area (Å²) in [5, 5.41) is 0. The summed E-state index contributed by atoms with van der Waals surface area (Å²) >= 11 is 0. The van der Waals surface area contributed by atoms with E-state index in [0.29, 0.717) is 11.3 Å². The molecule has 2 N–H and O–H groups in total. The van der Waals surface area contributed by atoms with E-state index in [-0.39, 0.29) is 30.4 Å². The van der Waals surface area contributed by atoms with Gasteiger partial charge in [0, 0.05) is 11.6 Å². The predicted molar refractivity (Wildman–Crippen MR) is 60.0 cm³/mol. The Morgan fingerprint density at radius 1 is 1.40 bits per heavy atom. The van der Waals surface area contributed by atoms with E-state index in [1.165, 1.54) is 6.07 Å². The molecule has 84 valence electrons. The van der Waals surface area contributed by atoms with Crippen LogP contribution in [0, 0.1) is 12.7 Å². The second-order valence-electron chi connectivity index (χ2n) is 3.83. The first-order valence-electron chi connectivity index (χ1n) is 4.84. The standard InChI is InChI=1S/C11H14FNO.ClH/c1-7-10(12)3-2-4-11(7)14-9-5-8(13)6-9;/h2-4,8-9H,5-6,13H2,1H3;1H. The number of ether oxygens (including phenoxy) is 1. The molecule has 0 aliphatic heterocycles. The highest BCUT2D eigenvalue weighted by Crippen LogP contribution is 2.27. The van der Waals surface area contributed by atoms with Crippen molar-refractivity contribution in [3.05, 3.63) is 29.6 Å². The van der Waals surface area contributed by atoms with Gasteiger partial charge < -0.3 is 10.5 Å². The van der Waals surface area contributed by atoms with Gasteiger partial charge in [-0.05, 0) is 31.9 Å². The summed E-state index contributed by atoms with van der Waals surface area (Å²) in [5.41, 5.74) is 6.21. The van der Waals surface area contributed by atoms with E-state index in [0.717, 1.165) is 12.8 Å². The van der Waals surface area contributed by atoms with Gasteiger partial charge in [0.15, 0.2) is 0 Å². The molecular formula is C11H15ClFNO. The van der Waals surface area contributed by atoms with Crippen LogP contribution in [0.2, 0.25) is 0 Å². The van der Waals surface area contributed by atoms with Crippen LogP contribution in [0.5, 0.6) is 5.75 Å². The average Bonchev–Trinajstić information content (AvgIpc) is 2.10. The van der Waals surface area contributed by atoms with E-state index in [4.69, 9.17) is 10.5 Å². The molecule has 0 bridgehead atoms. The van der Waals surface area contributed by atoms with Crippen molar-refractivity contribution in [1.82, 2.24) is 0 Å². The average molecular weight is 232 g/mol. The SMILES string of the molecule is Cc1c(F)cccc1OC1CC(N)C1.Cl. The van der Waals surface area contributed by atoms with Gasteiger partial charge in [-0.25, -0.2) is 4.39 Å². The van der Waals surface area contributed by atoms with E-state index in [1.54, 1.807) is 19.1 Å². The van der Waals surface area contributed by atoms with Gasteiger partial charge in [0.25, 0.3) is 0 Å². The van der Waals surface area contributed by atoms with Crippen LogP contribution >= 0.6 is 12.4 Å². The number of hydrogen-bond acceptors (Lipinski definition) is 2. The van der Waals surface area contributed by atoms with Gasteiger partial charge >= 0.3 is 0 Å². The van der Waals surface area contributed by atoms with E-state index in [1.807, 2.05) is 0 Å². The van der Waals surface area contributed by atoms with Crippen molar-refractivity contribution in [2.45, 2.75) is 31.9 Å². The highest BCUT2D eigenvalue weighted by molar-refractivity contribution is 5.85. The maximum absolute atomic E-state index is 13.1. The second-order valence-corrected chi connectivity index (χ2v) is 3.83. The molecule has 1 aromatic rings. The normalized spacial score (nSPS) is 23.9. The summed E-state index contributed by atoms with van der Waals surface area (Å²) < 4.78 is 18.7. The molecule has 15 heavy (non-hydrogen) atoms. The van der Waals surface area contributed by atoms with Gasteiger partial charge in [0.05, 0.1) is 0 Å². The molecule has 0 radical (unpaired) electrons. The van der Waals surface area contributed by atoms with E-state index < -0.39 is 0 Å². The van der Waals surface area contributed by atoms with Crippen LogP contribution in [-0.2, 0) is 0 Å². The van der Waals surface area contributed by atoms with Gasteiger partial charge in [-0.1, -0.05) is 6.07 Å². The maximum Gasteiger partial charge on any atom is 0.129 e. The van der Waals surface area contributed by atoms with Crippen molar-refractivity contribution in [1.29, 1.82) is 0 Å². The Morgan fingerprint density at radius 2 is 2.07 bits per heavy atom. The summed E-state index contributed by atoms with van der Waals surface area (Å²) in [4.78, 5) is 0. The predicted octanol–water partition coefficient (Wildman–Crippen LogP) is 2.42. The van der Waals surface area contributed by atoms with Gasteiger partial charge in [-0.3, -0.25) is 0 Å². The Balaban J connectivity index is 0.00000112. The molecular weight excluding hydrogens is 217 g/mol. The largest absolute Gasteiger partial charge is 0.490 e. The highest BCUT2D eigenvalue weighted by Gasteiger charge is 2.28. The molecule has 2 rings (SSSR count). The third kappa shape index (κ3) is 2.61. The summed E-state index contributed by atoms with van der Waals surface area (Å²) in [6, 6.07) is 5.15. The van der Waals surface area contributed by atoms with Crippen molar-refractivity contribution >= 4 is 12.4 Å². The van der Waals surface area contributed by atoms with Gasteiger partial charge in [0.1, 0.15) is 17.7 Å². The minimum atomic E-state index is -0.217. The fraction of sp³-hybridized carbons (Fsp3) is 0.455. The Kier molecular flexibility index (Phi) is 3.94. The lowest BCUT2D eigenvalue weighted by Gasteiger charge is -2.33. The molecule has 4 heteroatoms. The van der Waals surface area contributed by atoms with Crippen molar-refractivity contribution in [3.8, 4) is 5.75 Å². The fourth-order valence-corrected chi connectivity index (χ4v) is 1.60. The first-order chi connectivity index (χ1) is 6.66. The third-order valence-electron chi connectivity index (χ3n) is 2.64. The number of hydrogen-bond donors (Lipinski definition) is 1. The topological polar surface area (TPSA) is 35.2 Å². The molecule has 0 heterocycles. The van der Waals surface area contributed by atoms with E-state index in [2.05, 4.69) is 0 Å². The van der Waals surface area contributed by atoms with Crippen LogP contribution in [0.4, 0.5) is 4.39 Å². The molecule has 0 saturated heterocycles. The summed E-state index contributed by atoms with van der Waals surface area (Å²) in [6.45, 7) is 1.73. The number of nitrogens with two attached hydrogens (primary N) is 1. The van der Waals surface area contributed by atoms with Crippen LogP contribution in [0.3, 0.4) is 0 Å². The quantitative estimate of drug-likeness (QED) is 0.849. The lowest BCUT2D eigenvalue weighted by molar-refractivity contribution is 0.0996. The first kappa shape index (κ1) is 12.3. The first-order valence-corrected chi connectivity index (χ1v) is 4.84. The van der Waals surface area contributed by atoms with Crippen LogP contribution in [-0.4, -0.2) is 12.1 Å². The van der Waals surface area contributed by atoms with Crippen LogP contribution < -0.4 is 10.5 Å². The number of benzene rings is 1. The highest BCUT2D eigenvalue weighted by atomic mass is 35.5. The van der Waals surface area contributed by atoms with Crippen molar-refractivity contribution < 1.29 is 9.13 Å². The Bertz CT molecular complexity index is 339. The minimum absolute atomic E-state index is 0. The molecule has 0 spiro atoms. The monoisotopic (exact) mass is 231 g/mol. The molecule has 1 aliphatic rings. The molecule has 2 nitrogen and oxygen atoms in total. The van der Waals surface area contributed by atoms with Gasteiger partial charge in [-0.2, -0.15) is 0 Å². The van der Waals surface area contributed by atoms with Crippen molar-refractivity contribution in [2.24, 2.45) is 5.73 Å². The Labute approximate surface area is 95.0 Å². The minimum Gasteiger partial charge on any atom is -0.490 e. The summed E-state index contributed by atoms with van der Waals surface area (Å²) in [7, 11) is 0. The zero-order chi connectivity index (χ0) is 10.1. The zero-order valence-corrected chi connectivity index (χ0v) is 9.39. The van der Waals surface area contributed by atoms with Gasteiger partial charge in [-0.15, -0.1) is 12.4 Å². The molecule has 0 amide bonds. The lowest BCUT2D eigenvalue weighted by atomic mass is 9.90. The van der Waals surface area contributed by atoms with Crippen LogP contribution in [0.15, 0.2) is 18.2 Å². The molecule has 0 unspecified atom stereocenters. The van der Waals surface area contributed by atoms with E-state index in [9.17, 15) is 4.39 Å². The summed E-state index contributed by atoms with van der Waals surface area (Å²) in [5.74, 6) is 0.424. The molecule has 0 atom stereocenters. The molecule has 0 aromatic heterocycles. The molecule has 1 aromatic carbocycles. The van der Waals surface area contributed by atoms with E-state index >= 15 is 0 Å². The second kappa shape index (κ2) is 4.81. The lowest BCUT2D eigenvalue weighted by Crippen LogP contribution is -2.43. The fourth-order valence-electron chi connectivity index (χ4n) is 1.60. The zero-order valence-electron chi connectivity index (χ0n) is 8.57. The maximum atomic E-state index is 13.1. The van der Waals surface area contributed by atoms with Crippen molar-refractivity contribution in [2.75, 3.05) is 0 Å². The number of rotatable bonds is 2. The third-order valence-corrected chi connectivity index (χ3v) is 2.64. The molecule has 1 saturated carbocycles. The summed E-state index contributed by atoms with van der Waals surface area (Å²) in [6.07, 6.45) is 1.91. The molecule has 1 fully saturated rings. The Morgan fingerprint density at radius 3 is 2.67 bits per heavy atom. The molecule has 1 aliphatic carbocycles.